The van der Waals surface area contributed by atoms with E-state index in [9.17, 15) is 9.59 Å². The summed E-state index contributed by atoms with van der Waals surface area (Å²) in [5.74, 6) is 0.602. The van der Waals surface area contributed by atoms with E-state index in [0.717, 1.165) is 25.9 Å². The van der Waals surface area contributed by atoms with Gasteiger partial charge in [-0.25, -0.2) is 0 Å². The average Bonchev–Trinajstić information content (AvgIpc) is 2.75. The normalized spacial score (nSPS) is 28.0. The number of nitrogens with zero attached hydrogens (tertiary/aromatic N) is 1. The lowest BCUT2D eigenvalue weighted by Gasteiger charge is -2.34. The van der Waals surface area contributed by atoms with Crippen LogP contribution in [0.15, 0.2) is 0 Å². The first-order valence-electron chi connectivity index (χ1n) is 6.41. The van der Waals surface area contributed by atoms with Crippen LogP contribution >= 0.6 is 0 Å². The van der Waals surface area contributed by atoms with Gasteiger partial charge in [0.25, 0.3) is 0 Å². The number of piperidine rings is 1. The summed E-state index contributed by atoms with van der Waals surface area (Å²) in [5, 5.41) is 2.73. The molecular formula is C12H21N3O2. The maximum absolute atomic E-state index is 12.1. The summed E-state index contributed by atoms with van der Waals surface area (Å²) in [7, 11) is 0. The molecule has 2 rings (SSSR count). The maximum Gasteiger partial charge on any atom is 0.245 e. The molecule has 0 aromatic carbocycles. The average molecular weight is 239 g/mol. The molecule has 2 fully saturated rings. The summed E-state index contributed by atoms with van der Waals surface area (Å²) in [6.07, 6.45) is 3.08. The van der Waals surface area contributed by atoms with Crippen molar-refractivity contribution in [3.8, 4) is 0 Å². The molecule has 0 aromatic rings. The molecule has 0 bridgehead atoms. The molecular weight excluding hydrogens is 218 g/mol. The highest BCUT2D eigenvalue weighted by Gasteiger charge is 2.33. The quantitative estimate of drug-likeness (QED) is 0.703. The number of nitrogens with two attached hydrogens (primary N) is 1. The van der Waals surface area contributed by atoms with Crippen molar-refractivity contribution in [3.05, 3.63) is 0 Å². The lowest BCUT2D eigenvalue weighted by Crippen LogP contribution is -2.49. The second-order valence-electron chi connectivity index (χ2n) is 5.18. The summed E-state index contributed by atoms with van der Waals surface area (Å²) in [4.78, 5) is 25.1. The Kier molecular flexibility index (Phi) is 3.66. The van der Waals surface area contributed by atoms with Crippen LogP contribution in [0.5, 0.6) is 0 Å². The highest BCUT2D eigenvalue weighted by molar-refractivity contribution is 5.90. The Morgan fingerprint density at radius 2 is 2.06 bits per heavy atom. The van der Waals surface area contributed by atoms with Crippen LogP contribution in [0.25, 0.3) is 0 Å². The van der Waals surface area contributed by atoms with E-state index in [1.807, 2.05) is 11.8 Å². The minimum atomic E-state index is -0.283. The second kappa shape index (κ2) is 5.04. The van der Waals surface area contributed by atoms with Gasteiger partial charge in [-0.05, 0) is 32.1 Å². The number of hydrogen-bond donors (Lipinski definition) is 2. The van der Waals surface area contributed by atoms with Crippen LogP contribution in [0.1, 0.15) is 32.6 Å². The first-order chi connectivity index (χ1) is 8.08. The van der Waals surface area contributed by atoms with Gasteiger partial charge in [-0.2, -0.15) is 0 Å². The fraction of sp³-hybridized carbons (Fsp3) is 0.833. The predicted molar refractivity (Wildman–Crippen MR) is 64.1 cm³/mol. The number of likely N-dealkylation sites (tertiary alicyclic amines) is 1. The van der Waals surface area contributed by atoms with Crippen LogP contribution < -0.4 is 11.1 Å². The standard InChI is InChI=1S/C12H21N3O2/c1-8(13)9-4-6-15(7-5-9)12(17)10-2-3-11(16)14-10/h8-10H,2-7,13H2,1H3,(H,14,16)/t8?,10-/m0/s1. The van der Waals surface area contributed by atoms with Gasteiger partial charge in [-0.1, -0.05) is 0 Å². The highest BCUT2D eigenvalue weighted by atomic mass is 16.2. The van der Waals surface area contributed by atoms with Gasteiger partial charge < -0.3 is 16.0 Å². The molecule has 2 aliphatic rings. The third kappa shape index (κ3) is 2.77. The Bertz CT molecular complexity index is 309. The van der Waals surface area contributed by atoms with Gasteiger partial charge in [0.2, 0.25) is 11.8 Å². The molecule has 2 aliphatic heterocycles. The molecule has 2 atom stereocenters. The number of amides is 2. The predicted octanol–water partition coefficient (Wildman–Crippen LogP) is -0.149. The molecule has 1 unspecified atom stereocenters. The third-order valence-corrected chi connectivity index (χ3v) is 3.89. The van der Waals surface area contributed by atoms with Crippen LogP contribution in [0, 0.1) is 5.92 Å². The molecule has 5 heteroatoms. The van der Waals surface area contributed by atoms with E-state index < -0.39 is 0 Å². The van der Waals surface area contributed by atoms with Crippen molar-refractivity contribution in [2.24, 2.45) is 11.7 Å². The minimum absolute atomic E-state index is 0.00573. The van der Waals surface area contributed by atoms with E-state index in [-0.39, 0.29) is 23.9 Å². The van der Waals surface area contributed by atoms with E-state index in [2.05, 4.69) is 5.32 Å². The molecule has 0 aromatic heterocycles. The van der Waals surface area contributed by atoms with E-state index in [1.54, 1.807) is 0 Å². The zero-order valence-electron chi connectivity index (χ0n) is 10.3. The van der Waals surface area contributed by atoms with E-state index in [0.29, 0.717) is 18.8 Å². The molecule has 2 heterocycles. The summed E-state index contributed by atoms with van der Waals surface area (Å²) in [6.45, 7) is 3.58. The highest BCUT2D eigenvalue weighted by Crippen LogP contribution is 2.21. The van der Waals surface area contributed by atoms with Crippen molar-refractivity contribution < 1.29 is 9.59 Å². The second-order valence-corrected chi connectivity index (χ2v) is 5.18. The Morgan fingerprint density at radius 3 is 2.53 bits per heavy atom. The number of nitrogens with one attached hydrogen (secondary N) is 1. The van der Waals surface area contributed by atoms with Crippen LogP contribution in [0.2, 0.25) is 0 Å². The van der Waals surface area contributed by atoms with Crippen molar-refractivity contribution in [2.75, 3.05) is 13.1 Å². The molecule has 0 radical (unpaired) electrons. The molecule has 0 spiro atoms. The first kappa shape index (κ1) is 12.4. The molecule has 3 N–H and O–H groups in total. The Labute approximate surface area is 102 Å². The Hall–Kier alpha value is -1.10. The molecule has 0 aliphatic carbocycles. The topological polar surface area (TPSA) is 75.4 Å². The van der Waals surface area contributed by atoms with Gasteiger partial charge in [0.1, 0.15) is 6.04 Å². The molecule has 96 valence electrons. The zero-order chi connectivity index (χ0) is 12.4. The fourth-order valence-electron chi connectivity index (χ4n) is 2.67. The largest absolute Gasteiger partial charge is 0.344 e. The maximum atomic E-state index is 12.1. The van der Waals surface area contributed by atoms with Gasteiger partial charge in [0, 0.05) is 25.6 Å². The zero-order valence-corrected chi connectivity index (χ0v) is 10.3. The van der Waals surface area contributed by atoms with Crippen LogP contribution in [-0.4, -0.2) is 41.9 Å². The molecule has 0 saturated carbocycles. The van der Waals surface area contributed by atoms with Gasteiger partial charge >= 0.3 is 0 Å². The van der Waals surface area contributed by atoms with Gasteiger partial charge in [0.05, 0.1) is 0 Å². The lowest BCUT2D eigenvalue weighted by molar-refractivity contribution is -0.135. The number of carbonyl (C=O) groups excluding carboxylic acids is 2. The smallest absolute Gasteiger partial charge is 0.245 e. The van der Waals surface area contributed by atoms with Crippen LogP contribution in [0.3, 0.4) is 0 Å². The number of hydrogen-bond acceptors (Lipinski definition) is 3. The molecule has 2 saturated heterocycles. The summed E-state index contributed by atoms with van der Waals surface area (Å²) >= 11 is 0. The van der Waals surface area contributed by atoms with Crippen molar-refractivity contribution in [1.82, 2.24) is 10.2 Å². The third-order valence-electron chi connectivity index (χ3n) is 3.89. The first-order valence-corrected chi connectivity index (χ1v) is 6.41. The SMILES string of the molecule is CC(N)C1CCN(C(=O)[C@@H]2CCC(=O)N2)CC1. The van der Waals surface area contributed by atoms with Crippen LogP contribution in [0.4, 0.5) is 0 Å². The Balaban J connectivity index is 1.84. The molecule has 2 amide bonds. The number of carbonyl (C=O) groups is 2. The molecule has 17 heavy (non-hydrogen) atoms. The van der Waals surface area contributed by atoms with Gasteiger partial charge in [0.15, 0.2) is 0 Å². The summed E-state index contributed by atoms with van der Waals surface area (Å²) < 4.78 is 0. The monoisotopic (exact) mass is 239 g/mol. The van der Waals surface area contributed by atoms with E-state index in [4.69, 9.17) is 5.73 Å². The van der Waals surface area contributed by atoms with Gasteiger partial charge in [-0.15, -0.1) is 0 Å². The number of rotatable bonds is 2. The van der Waals surface area contributed by atoms with Crippen molar-refractivity contribution in [3.63, 3.8) is 0 Å². The van der Waals surface area contributed by atoms with Gasteiger partial charge in [-0.3, -0.25) is 9.59 Å². The van der Waals surface area contributed by atoms with Crippen molar-refractivity contribution >= 4 is 11.8 Å². The van der Waals surface area contributed by atoms with E-state index >= 15 is 0 Å². The van der Waals surface area contributed by atoms with Crippen LogP contribution in [-0.2, 0) is 9.59 Å². The molecule has 5 nitrogen and oxygen atoms in total. The summed E-state index contributed by atoms with van der Waals surface area (Å²) in [6, 6.07) is -0.0761. The van der Waals surface area contributed by atoms with Crippen molar-refractivity contribution in [1.29, 1.82) is 0 Å². The van der Waals surface area contributed by atoms with Crippen molar-refractivity contribution in [2.45, 2.75) is 44.7 Å². The lowest BCUT2D eigenvalue weighted by atomic mass is 9.90. The Morgan fingerprint density at radius 1 is 1.41 bits per heavy atom. The summed E-state index contributed by atoms with van der Waals surface area (Å²) in [5.41, 5.74) is 5.87. The fourth-order valence-corrected chi connectivity index (χ4v) is 2.67. The van der Waals surface area contributed by atoms with E-state index in [1.165, 1.54) is 0 Å². The minimum Gasteiger partial charge on any atom is -0.344 e.